The maximum absolute atomic E-state index is 13.5. The Hall–Kier alpha value is -3.67. The number of benzene rings is 2. The van der Waals surface area contributed by atoms with E-state index in [1.54, 1.807) is 12.1 Å². The van der Waals surface area contributed by atoms with Gasteiger partial charge in [0.05, 0.1) is 30.0 Å². The summed E-state index contributed by atoms with van der Waals surface area (Å²) in [6, 6.07) is 10.9. The summed E-state index contributed by atoms with van der Waals surface area (Å²) in [5.41, 5.74) is 7.95. The Morgan fingerprint density at radius 2 is 1.85 bits per heavy atom. The molecule has 2 aliphatic rings. The predicted octanol–water partition coefficient (Wildman–Crippen LogP) is 5.49. The number of aromatic nitrogens is 2. The first-order chi connectivity index (χ1) is 16.0. The zero-order chi connectivity index (χ0) is 22.9. The van der Waals surface area contributed by atoms with Crippen molar-refractivity contribution in [2.75, 3.05) is 18.1 Å². The molecule has 1 aliphatic heterocycles. The van der Waals surface area contributed by atoms with E-state index in [4.69, 9.17) is 4.99 Å². The number of nitrogens with zero attached hydrogens (tertiary/aromatic N) is 5. The van der Waals surface area contributed by atoms with E-state index in [1.165, 1.54) is 34.5 Å². The van der Waals surface area contributed by atoms with Crippen LogP contribution in [0.15, 0.2) is 72.3 Å². The van der Waals surface area contributed by atoms with E-state index in [2.05, 4.69) is 63.6 Å². The summed E-state index contributed by atoms with van der Waals surface area (Å²) in [5.74, 6) is 0.609. The van der Waals surface area contributed by atoms with E-state index >= 15 is 0 Å². The first kappa shape index (κ1) is 21.2. The molecule has 168 valence electrons. The second kappa shape index (κ2) is 8.70. The van der Waals surface area contributed by atoms with Gasteiger partial charge >= 0.3 is 0 Å². The molecule has 0 amide bonds. The van der Waals surface area contributed by atoms with Crippen LogP contribution in [0.5, 0.6) is 0 Å². The van der Waals surface area contributed by atoms with Gasteiger partial charge in [0.2, 0.25) is 0 Å². The number of rotatable bonds is 6. The fraction of sp³-hybridized carbons (Fsp3) is 0.259. The highest BCUT2D eigenvalue weighted by atomic mass is 19.1. The summed E-state index contributed by atoms with van der Waals surface area (Å²) in [6.45, 7) is 9.67. The SMILES string of the molecule is C=C1CN(c2ccc(F)cc2)N(CCC)C(/C=C/c2ccc(-n3cnc(C)c3)c3c2CC3)=N1. The number of fused-ring (bicyclic) bond motifs is 1. The highest BCUT2D eigenvalue weighted by Crippen LogP contribution is 2.33. The van der Waals surface area contributed by atoms with Gasteiger partial charge in [-0.1, -0.05) is 25.6 Å². The Kier molecular flexibility index (Phi) is 5.58. The Morgan fingerprint density at radius 3 is 2.52 bits per heavy atom. The minimum atomic E-state index is -0.238. The van der Waals surface area contributed by atoms with Gasteiger partial charge in [-0.25, -0.2) is 14.4 Å². The lowest BCUT2D eigenvalue weighted by atomic mass is 9.83. The molecular formula is C27H28FN5. The van der Waals surface area contributed by atoms with Crippen LogP contribution in [0.2, 0.25) is 0 Å². The van der Waals surface area contributed by atoms with E-state index in [0.29, 0.717) is 6.54 Å². The third kappa shape index (κ3) is 4.09. The molecule has 0 saturated carbocycles. The average molecular weight is 442 g/mol. The maximum Gasteiger partial charge on any atom is 0.147 e. The lowest BCUT2D eigenvalue weighted by molar-refractivity contribution is 0.382. The summed E-state index contributed by atoms with van der Waals surface area (Å²) in [6.07, 6.45) is 11.3. The molecule has 1 aromatic heterocycles. The van der Waals surface area contributed by atoms with E-state index in [9.17, 15) is 4.39 Å². The van der Waals surface area contributed by atoms with Crippen molar-refractivity contribution in [1.29, 1.82) is 0 Å². The number of hydrazine groups is 1. The number of aliphatic imine (C=N–C) groups is 1. The quantitative estimate of drug-likeness (QED) is 0.507. The zero-order valence-electron chi connectivity index (χ0n) is 19.1. The molecule has 2 aromatic carbocycles. The molecule has 0 unspecified atom stereocenters. The van der Waals surface area contributed by atoms with Crippen molar-refractivity contribution in [2.45, 2.75) is 33.1 Å². The summed E-state index contributed by atoms with van der Waals surface area (Å²) >= 11 is 0. The second-order valence-corrected chi connectivity index (χ2v) is 8.58. The smallest absolute Gasteiger partial charge is 0.147 e. The molecule has 0 atom stereocenters. The van der Waals surface area contributed by atoms with Gasteiger partial charge in [-0.2, -0.15) is 0 Å². The van der Waals surface area contributed by atoms with Crippen LogP contribution < -0.4 is 5.01 Å². The van der Waals surface area contributed by atoms with Gasteiger partial charge in [0.15, 0.2) is 0 Å². The monoisotopic (exact) mass is 441 g/mol. The van der Waals surface area contributed by atoms with Gasteiger partial charge in [0.25, 0.3) is 0 Å². The summed E-state index contributed by atoms with van der Waals surface area (Å²) in [4.78, 5) is 9.13. The lowest BCUT2D eigenvalue weighted by Gasteiger charge is -2.41. The van der Waals surface area contributed by atoms with Crippen molar-refractivity contribution in [1.82, 2.24) is 14.6 Å². The van der Waals surface area contributed by atoms with Gasteiger partial charge in [0, 0.05) is 18.4 Å². The minimum absolute atomic E-state index is 0.238. The number of hydrogen-bond acceptors (Lipinski definition) is 4. The van der Waals surface area contributed by atoms with Crippen LogP contribution in [-0.2, 0) is 12.8 Å². The molecule has 33 heavy (non-hydrogen) atoms. The van der Waals surface area contributed by atoms with Crippen molar-refractivity contribution >= 4 is 17.6 Å². The van der Waals surface area contributed by atoms with Gasteiger partial charge in [-0.15, -0.1) is 0 Å². The predicted molar refractivity (Wildman–Crippen MR) is 132 cm³/mol. The molecule has 0 fully saturated rings. The molecule has 0 saturated heterocycles. The van der Waals surface area contributed by atoms with Gasteiger partial charge in [-0.3, -0.25) is 10.0 Å². The zero-order valence-corrected chi connectivity index (χ0v) is 19.1. The maximum atomic E-state index is 13.5. The van der Waals surface area contributed by atoms with Crippen LogP contribution >= 0.6 is 0 Å². The topological polar surface area (TPSA) is 36.7 Å². The standard InChI is InChI=1S/C27H28FN5/c1-4-15-32-27(30-20(3)17-33(32)23-9-7-22(28)8-10-23)14-6-21-5-13-26(25-12-11-24(21)25)31-16-19(2)29-18-31/h5-10,13-14,16,18H,3-4,11-12,15,17H2,1-2H3/b14-6+. The molecule has 0 spiro atoms. The highest BCUT2D eigenvalue weighted by Gasteiger charge is 2.25. The lowest BCUT2D eigenvalue weighted by Crippen LogP contribution is -2.50. The molecule has 6 heteroatoms. The third-order valence-electron chi connectivity index (χ3n) is 6.19. The molecule has 0 N–H and O–H groups in total. The van der Waals surface area contributed by atoms with Crippen molar-refractivity contribution in [3.8, 4) is 5.69 Å². The molecule has 5 rings (SSSR count). The van der Waals surface area contributed by atoms with E-state index in [1.807, 2.05) is 13.3 Å². The number of halogens is 1. The van der Waals surface area contributed by atoms with Gasteiger partial charge in [0.1, 0.15) is 11.7 Å². The van der Waals surface area contributed by atoms with E-state index in [0.717, 1.165) is 48.7 Å². The van der Waals surface area contributed by atoms with Crippen molar-refractivity contribution in [2.24, 2.45) is 4.99 Å². The van der Waals surface area contributed by atoms with E-state index < -0.39 is 0 Å². The number of aryl methyl sites for hydroxylation is 1. The minimum Gasteiger partial charge on any atom is -0.306 e. The molecule has 0 radical (unpaired) electrons. The summed E-state index contributed by atoms with van der Waals surface area (Å²) < 4.78 is 15.6. The molecular weight excluding hydrogens is 413 g/mol. The van der Waals surface area contributed by atoms with Gasteiger partial charge < -0.3 is 4.57 Å². The number of anilines is 1. The number of imidazole rings is 1. The summed E-state index contributed by atoms with van der Waals surface area (Å²) in [7, 11) is 0. The fourth-order valence-corrected chi connectivity index (χ4v) is 4.51. The Balaban J connectivity index is 1.45. The van der Waals surface area contributed by atoms with Crippen LogP contribution in [0.1, 0.15) is 35.7 Å². The number of hydrogen-bond donors (Lipinski definition) is 0. The van der Waals surface area contributed by atoms with Crippen molar-refractivity contribution in [3.63, 3.8) is 0 Å². The fourth-order valence-electron chi connectivity index (χ4n) is 4.51. The number of amidine groups is 1. The highest BCUT2D eigenvalue weighted by molar-refractivity contribution is 5.99. The molecule has 0 bridgehead atoms. The van der Waals surface area contributed by atoms with Crippen LogP contribution in [0.3, 0.4) is 0 Å². The van der Waals surface area contributed by atoms with Crippen molar-refractivity contribution < 1.29 is 4.39 Å². The Labute approximate surface area is 194 Å². The Morgan fingerprint density at radius 1 is 1.06 bits per heavy atom. The van der Waals surface area contributed by atoms with Crippen LogP contribution in [0.25, 0.3) is 11.8 Å². The largest absolute Gasteiger partial charge is 0.306 e. The normalized spacial score (nSPS) is 15.6. The Bertz CT molecular complexity index is 1250. The second-order valence-electron chi connectivity index (χ2n) is 8.58. The van der Waals surface area contributed by atoms with Crippen LogP contribution in [0, 0.1) is 12.7 Å². The van der Waals surface area contributed by atoms with Crippen molar-refractivity contribution in [3.05, 3.63) is 95.5 Å². The molecule has 2 heterocycles. The molecule has 3 aromatic rings. The van der Waals surface area contributed by atoms with E-state index in [-0.39, 0.29) is 5.82 Å². The summed E-state index contributed by atoms with van der Waals surface area (Å²) in [5, 5.41) is 4.29. The molecule has 1 aliphatic carbocycles. The molecule has 5 nitrogen and oxygen atoms in total. The van der Waals surface area contributed by atoms with Gasteiger partial charge in [-0.05, 0) is 79.3 Å². The third-order valence-corrected chi connectivity index (χ3v) is 6.19. The van der Waals surface area contributed by atoms with Crippen LogP contribution in [-0.4, -0.2) is 33.5 Å². The first-order valence-electron chi connectivity index (χ1n) is 11.4. The first-order valence-corrected chi connectivity index (χ1v) is 11.4. The average Bonchev–Trinajstić information content (AvgIpc) is 3.21. The van der Waals surface area contributed by atoms with Crippen LogP contribution in [0.4, 0.5) is 10.1 Å².